The third kappa shape index (κ3) is 6.69. The van der Waals surface area contributed by atoms with Crippen molar-refractivity contribution in [1.29, 1.82) is 0 Å². The van der Waals surface area contributed by atoms with Crippen molar-refractivity contribution in [3.63, 3.8) is 0 Å². The Hall–Kier alpha value is -1.66. The summed E-state index contributed by atoms with van der Waals surface area (Å²) in [5.41, 5.74) is 0.747. The first kappa shape index (κ1) is 24.5. The molecule has 1 aliphatic heterocycles. The lowest BCUT2D eigenvalue weighted by atomic mass is 9.89. The number of nitrogens with one attached hydrogen (secondary N) is 1. The lowest BCUT2D eigenvalue weighted by Crippen LogP contribution is -2.57. The maximum atomic E-state index is 13.3. The molecule has 0 bridgehead atoms. The minimum Gasteiger partial charge on any atom is -0.482 e. The molecule has 2 unspecified atom stereocenters. The normalized spacial score (nSPS) is 24.9. The molecule has 2 atom stereocenters. The average molecular weight is 491 g/mol. The van der Waals surface area contributed by atoms with E-state index in [1.54, 1.807) is 17.0 Å². The van der Waals surface area contributed by atoms with Gasteiger partial charge in [0.05, 0.1) is 6.04 Å². The molecule has 0 radical (unpaired) electrons. The van der Waals surface area contributed by atoms with E-state index in [2.05, 4.69) is 17.1 Å². The highest BCUT2D eigenvalue weighted by atomic mass is 35.5. The van der Waals surface area contributed by atoms with Crippen LogP contribution < -0.4 is 5.32 Å². The van der Waals surface area contributed by atoms with Crippen molar-refractivity contribution >= 4 is 41.3 Å². The fraction of sp³-hybridized carbons (Fsp3) is 0.615. The second-order valence-electron chi connectivity index (χ2n) is 9.31. The maximum absolute atomic E-state index is 13.3. The number of thioether (sulfide) groups is 1. The molecular weight excluding hydrogens is 456 g/mol. The average Bonchev–Trinajstić information content (AvgIpc) is 2.83. The predicted molar refractivity (Wildman–Crippen MR) is 135 cm³/mol. The van der Waals surface area contributed by atoms with Gasteiger partial charge in [-0.2, -0.15) is 11.8 Å². The number of nitrogens with zero attached hydrogens (tertiary/aromatic N) is 1. The van der Waals surface area contributed by atoms with Crippen LogP contribution >= 0.6 is 23.4 Å². The van der Waals surface area contributed by atoms with Crippen molar-refractivity contribution in [2.45, 2.75) is 81.6 Å². The highest BCUT2D eigenvalue weighted by Gasteiger charge is 2.42. The Kier molecular flexibility index (Phi) is 9.02. The molecule has 3 aliphatic rings. The molecule has 33 heavy (non-hydrogen) atoms. The van der Waals surface area contributed by atoms with Gasteiger partial charge >= 0.3 is 0 Å². The standard InChI is InChI=1S/C26H35ClN2O3S/c27-21-12-5-4-9-19(21)17-24-26(31)29(22-13-6-7-14-23(22)32-24)18-25(30)28-15-8-16-33-20-10-2-1-3-11-20/h4-5,9,12,17,20,22-23H,1-3,6-8,10-11,13-16,18H2,(H,28,30)/b24-17+. The first-order valence-electron chi connectivity index (χ1n) is 12.4. The topological polar surface area (TPSA) is 58.6 Å². The van der Waals surface area contributed by atoms with Crippen LogP contribution in [-0.4, -0.2) is 53.0 Å². The van der Waals surface area contributed by atoms with Crippen LogP contribution in [0.5, 0.6) is 0 Å². The fourth-order valence-electron chi connectivity index (χ4n) is 5.09. The largest absolute Gasteiger partial charge is 0.482 e. The van der Waals surface area contributed by atoms with Crippen molar-refractivity contribution < 1.29 is 14.3 Å². The maximum Gasteiger partial charge on any atom is 0.289 e. The van der Waals surface area contributed by atoms with E-state index in [9.17, 15) is 9.59 Å². The summed E-state index contributed by atoms with van der Waals surface area (Å²) in [7, 11) is 0. The van der Waals surface area contributed by atoms with Gasteiger partial charge < -0.3 is 15.0 Å². The van der Waals surface area contributed by atoms with Crippen LogP contribution in [0.2, 0.25) is 5.02 Å². The van der Waals surface area contributed by atoms with Gasteiger partial charge in [0.15, 0.2) is 5.76 Å². The number of halogens is 1. The molecule has 1 saturated heterocycles. The van der Waals surface area contributed by atoms with Gasteiger partial charge in [-0.15, -0.1) is 0 Å². The second-order valence-corrected chi connectivity index (χ2v) is 11.1. The number of hydrogen-bond acceptors (Lipinski definition) is 4. The molecule has 1 aromatic carbocycles. The molecule has 0 aromatic heterocycles. The third-order valence-corrected chi connectivity index (χ3v) is 8.68. The van der Waals surface area contributed by atoms with Gasteiger partial charge in [0, 0.05) is 16.8 Å². The Morgan fingerprint density at radius 1 is 1.12 bits per heavy atom. The summed E-state index contributed by atoms with van der Waals surface area (Å²) < 4.78 is 6.12. The number of rotatable bonds is 8. The summed E-state index contributed by atoms with van der Waals surface area (Å²) in [6, 6.07) is 7.36. The second kappa shape index (κ2) is 12.2. The summed E-state index contributed by atoms with van der Waals surface area (Å²) in [6.07, 6.45) is 13.3. The zero-order chi connectivity index (χ0) is 23.0. The van der Waals surface area contributed by atoms with E-state index in [1.165, 1.54) is 32.1 Å². The predicted octanol–water partition coefficient (Wildman–Crippen LogP) is 5.42. The minimum absolute atomic E-state index is 0.0396. The molecule has 1 heterocycles. The number of carbonyl (C=O) groups is 2. The van der Waals surface area contributed by atoms with Crippen LogP contribution in [0.4, 0.5) is 0 Å². The molecule has 0 spiro atoms. The Bertz CT molecular complexity index is 856. The van der Waals surface area contributed by atoms with Gasteiger partial charge in [-0.25, -0.2) is 0 Å². The number of benzene rings is 1. The fourth-order valence-corrected chi connectivity index (χ4v) is 6.59. The van der Waals surface area contributed by atoms with E-state index in [-0.39, 0.29) is 36.3 Å². The highest BCUT2D eigenvalue weighted by Crippen LogP contribution is 2.34. The molecule has 7 heteroatoms. The molecule has 5 nitrogen and oxygen atoms in total. The molecule has 2 saturated carbocycles. The number of amides is 2. The van der Waals surface area contributed by atoms with Crippen molar-refractivity contribution in [3.05, 3.63) is 40.6 Å². The van der Waals surface area contributed by atoms with Crippen LogP contribution in [0, 0.1) is 0 Å². The zero-order valence-electron chi connectivity index (χ0n) is 19.3. The van der Waals surface area contributed by atoms with Gasteiger partial charge in [-0.1, -0.05) is 55.5 Å². The van der Waals surface area contributed by atoms with Crippen LogP contribution in [0.1, 0.15) is 69.8 Å². The van der Waals surface area contributed by atoms with E-state index in [0.717, 1.165) is 48.7 Å². The highest BCUT2D eigenvalue weighted by molar-refractivity contribution is 7.99. The van der Waals surface area contributed by atoms with E-state index in [0.29, 0.717) is 11.6 Å². The van der Waals surface area contributed by atoms with Gasteiger partial charge in [-0.05, 0) is 62.0 Å². The Morgan fingerprint density at radius 3 is 2.70 bits per heavy atom. The molecule has 2 amide bonds. The number of morpholine rings is 1. The lowest BCUT2D eigenvalue weighted by molar-refractivity contribution is -0.151. The van der Waals surface area contributed by atoms with Crippen LogP contribution in [0.3, 0.4) is 0 Å². The number of fused-ring (bicyclic) bond motifs is 1. The summed E-state index contributed by atoms with van der Waals surface area (Å²) in [4.78, 5) is 27.7. The minimum atomic E-state index is -0.221. The Morgan fingerprint density at radius 2 is 1.88 bits per heavy atom. The summed E-state index contributed by atoms with van der Waals surface area (Å²) in [5.74, 6) is 1.05. The van der Waals surface area contributed by atoms with Crippen LogP contribution in [-0.2, 0) is 14.3 Å². The van der Waals surface area contributed by atoms with Crippen LogP contribution in [0.25, 0.3) is 6.08 Å². The van der Waals surface area contributed by atoms with Crippen molar-refractivity contribution in [1.82, 2.24) is 10.2 Å². The zero-order valence-corrected chi connectivity index (χ0v) is 20.8. The van der Waals surface area contributed by atoms with E-state index in [4.69, 9.17) is 16.3 Å². The summed E-state index contributed by atoms with van der Waals surface area (Å²) >= 11 is 8.34. The van der Waals surface area contributed by atoms with Gasteiger partial charge in [0.2, 0.25) is 5.91 Å². The van der Waals surface area contributed by atoms with Gasteiger partial charge in [0.1, 0.15) is 12.6 Å². The van der Waals surface area contributed by atoms with Gasteiger partial charge in [-0.3, -0.25) is 9.59 Å². The van der Waals surface area contributed by atoms with E-state index in [1.807, 2.05) is 18.2 Å². The molecule has 4 rings (SSSR count). The van der Waals surface area contributed by atoms with E-state index >= 15 is 0 Å². The van der Waals surface area contributed by atoms with Crippen molar-refractivity contribution in [2.75, 3.05) is 18.8 Å². The SMILES string of the molecule is O=C(CN1C(=O)/C(=C\c2ccccc2Cl)OC2CCCCC21)NCCCSC1CCCCC1. The molecular formula is C26H35ClN2O3S. The molecule has 2 aliphatic carbocycles. The monoisotopic (exact) mass is 490 g/mol. The molecule has 1 N–H and O–H groups in total. The molecule has 1 aromatic rings. The number of hydrogen-bond donors (Lipinski definition) is 1. The van der Waals surface area contributed by atoms with Crippen LogP contribution in [0.15, 0.2) is 30.0 Å². The first-order chi connectivity index (χ1) is 16.1. The quantitative estimate of drug-likeness (QED) is 0.390. The summed E-state index contributed by atoms with van der Waals surface area (Å²) in [6.45, 7) is 0.743. The molecule has 180 valence electrons. The lowest BCUT2D eigenvalue weighted by Gasteiger charge is -2.44. The first-order valence-corrected chi connectivity index (χ1v) is 13.9. The third-order valence-electron chi connectivity index (χ3n) is 6.87. The summed E-state index contributed by atoms with van der Waals surface area (Å²) in [5, 5.41) is 4.40. The number of carbonyl (C=O) groups excluding carboxylic acids is 2. The Labute approximate surface area is 206 Å². The van der Waals surface area contributed by atoms with Crippen molar-refractivity contribution in [2.24, 2.45) is 0 Å². The smallest absolute Gasteiger partial charge is 0.289 e. The van der Waals surface area contributed by atoms with Gasteiger partial charge in [0.25, 0.3) is 5.91 Å². The van der Waals surface area contributed by atoms with Crippen molar-refractivity contribution in [3.8, 4) is 0 Å². The van der Waals surface area contributed by atoms with E-state index < -0.39 is 0 Å². The number of ether oxygens (including phenoxy) is 1. The Balaban J connectivity index is 1.32. The molecule has 3 fully saturated rings.